The monoisotopic (exact) mass is 235 g/mol. The van der Waals surface area contributed by atoms with Crippen LogP contribution in [0.15, 0.2) is 39.9 Å². The van der Waals surface area contributed by atoms with Gasteiger partial charge in [0, 0.05) is 6.92 Å². The molecule has 2 aromatic rings. The quantitative estimate of drug-likeness (QED) is 0.745. The summed E-state index contributed by atoms with van der Waals surface area (Å²) in [7, 11) is 0. The second-order valence-corrected chi connectivity index (χ2v) is 3.25. The molecule has 1 aromatic heterocycles. The SMILES string of the molecule is CC(=O)On1[nH]c(=O)n(-c2ccccc2)c1=O. The number of benzene rings is 1. The van der Waals surface area contributed by atoms with Crippen LogP contribution in [0.1, 0.15) is 6.92 Å². The van der Waals surface area contributed by atoms with Crippen molar-refractivity contribution >= 4 is 5.97 Å². The molecule has 1 heterocycles. The lowest BCUT2D eigenvalue weighted by molar-refractivity contribution is -0.143. The molecule has 0 aliphatic heterocycles. The molecule has 0 aliphatic carbocycles. The van der Waals surface area contributed by atoms with Crippen LogP contribution in [0.3, 0.4) is 0 Å². The standard InChI is InChI=1S/C10H9N3O4/c1-7(14)17-13-10(16)12(9(15)11-13)8-5-3-2-4-6-8/h2-6H,1H3,(H,11,15). The molecule has 17 heavy (non-hydrogen) atoms. The van der Waals surface area contributed by atoms with Crippen LogP contribution in [0.4, 0.5) is 0 Å². The first-order valence-corrected chi connectivity index (χ1v) is 4.78. The molecule has 88 valence electrons. The molecule has 0 fully saturated rings. The number of aromatic nitrogens is 3. The molecule has 0 atom stereocenters. The zero-order valence-corrected chi connectivity index (χ0v) is 8.91. The van der Waals surface area contributed by atoms with Gasteiger partial charge in [-0.2, -0.15) is 0 Å². The van der Waals surface area contributed by atoms with Crippen molar-refractivity contribution in [3.8, 4) is 5.69 Å². The lowest BCUT2D eigenvalue weighted by Crippen LogP contribution is -2.32. The van der Waals surface area contributed by atoms with E-state index in [-0.39, 0.29) is 0 Å². The van der Waals surface area contributed by atoms with E-state index in [9.17, 15) is 14.4 Å². The van der Waals surface area contributed by atoms with Crippen LogP contribution in [-0.2, 0) is 4.79 Å². The van der Waals surface area contributed by atoms with Crippen LogP contribution in [0.25, 0.3) is 5.69 Å². The van der Waals surface area contributed by atoms with E-state index >= 15 is 0 Å². The summed E-state index contributed by atoms with van der Waals surface area (Å²) in [6.07, 6.45) is 0. The highest BCUT2D eigenvalue weighted by atomic mass is 16.7. The molecule has 0 amide bonds. The zero-order chi connectivity index (χ0) is 12.4. The normalized spacial score (nSPS) is 10.2. The first-order valence-electron chi connectivity index (χ1n) is 4.78. The van der Waals surface area contributed by atoms with Crippen LogP contribution in [0.5, 0.6) is 0 Å². The number of aromatic amines is 1. The summed E-state index contributed by atoms with van der Waals surface area (Å²) in [5, 5.41) is 2.11. The highest BCUT2D eigenvalue weighted by Gasteiger charge is 2.12. The molecule has 2 rings (SSSR count). The summed E-state index contributed by atoms with van der Waals surface area (Å²) >= 11 is 0. The Labute approximate surface area is 94.8 Å². The van der Waals surface area contributed by atoms with Crippen molar-refractivity contribution in [1.29, 1.82) is 0 Å². The van der Waals surface area contributed by atoms with E-state index in [2.05, 4.69) is 9.94 Å². The molecule has 7 heteroatoms. The second-order valence-electron chi connectivity index (χ2n) is 3.25. The Balaban J connectivity index is 2.57. The summed E-state index contributed by atoms with van der Waals surface area (Å²) in [6, 6.07) is 8.31. The predicted molar refractivity (Wildman–Crippen MR) is 57.9 cm³/mol. The van der Waals surface area contributed by atoms with Gasteiger partial charge in [-0.3, -0.25) is 0 Å². The Kier molecular flexibility index (Phi) is 2.65. The van der Waals surface area contributed by atoms with Crippen LogP contribution < -0.4 is 16.2 Å². The van der Waals surface area contributed by atoms with E-state index in [1.165, 1.54) is 0 Å². The van der Waals surface area contributed by atoms with Crippen LogP contribution in [-0.4, -0.2) is 20.5 Å². The number of carbonyl (C=O) groups is 1. The van der Waals surface area contributed by atoms with Crippen molar-refractivity contribution in [2.75, 3.05) is 0 Å². The number of hydrogen-bond donors (Lipinski definition) is 1. The minimum Gasteiger partial charge on any atom is -0.316 e. The second kappa shape index (κ2) is 4.12. The number of rotatable bonds is 2. The Morgan fingerprint density at radius 1 is 1.24 bits per heavy atom. The van der Waals surface area contributed by atoms with Gasteiger partial charge in [-0.1, -0.05) is 18.2 Å². The van der Waals surface area contributed by atoms with E-state index in [0.717, 1.165) is 11.5 Å². The summed E-state index contributed by atoms with van der Waals surface area (Å²) in [4.78, 5) is 39.0. The number of carbonyl (C=O) groups excluding carboxylic acids is 1. The molecular formula is C10H9N3O4. The Morgan fingerprint density at radius 3 is 2.47 bits per heavy atom. The van der Waals surface area contributed by atoms with Crippen LogP contribution in [0, 0.1) is 0 Å². The molecule has 0 radical (unpaired) electrons. The number of H-pyrrole nitrogens is 1. The minimum absolute atomic E-state index is 0.393. The fourth-order valence-electron chi connectivity index (χ4n) is 1.36. The predicted octanol–water partition coefficient (Wildman–Crippen LogP) is -0.698. The third-order valence-corrected chi connectivity index (χ3v) is 2.00. The van der Waals surface area contributed by atoms with Gasteiger partial charge in [-0.15, -0.1) is 0 Å². The zero-order valence-electron chi connectivity index (χ0n) is 8.91. The molecule has 0 bridgehead atoms. The molecule has 1 N–H and O–H groups in total. The van der Waals surface area contributed by atoms with Gasteiger partial charge in [0.2, 0.25) is 0 Å². The van der Waals surface area contributed by atoms with Crippen molar-refractivity contribution < 1.29 is 9.63 Å². The third kappa shape index (κ3) is 2.03. The molecule has 0 saturated heterocycles. The van der Waals surface area contributed by atoms with E-state index in [4.69, 9.17) is 0 Å². The Morgan fingerprint density at radius 2 is 1.88 bits per heavy atom. The number of nitrogens with zero attached hydrogens (tertiary/aromatic N) is 2. The van der Waals surface area contributed by atoms with Gasteiger partial charge < -0.3 is 4.84 Å². The molecular weight excluding hydrogens is 226 g/mol. The minimum atomic E-state index is -0.767. The molecule has 0 aliphatic rings. The topological polar surface area (TPSA) is 86.1 Å². The third-order valence-electron chi connectivity index (χ3n) is 2.00. The maximum absolute atomic E-state index is 11.7. The van der Waals surface area contributed by atoms with Gasteiger partial charge in [0.25, 0.3) is 0 Å². The summed E-state index contributed by atoms with van der Waals surface area (Å²) in [6.45, 7) is 1.13. The number of para-hydroxylation sites is 1. The summed E-state index contributed by atoms with van der Waals surface area (Å²) in [5.74, 6) is -0.700. The maximum atomic E-state index is 11.7. The number of nitrogens with one attached hydrogen (secondary N) is 1. The molecule has 1 aromatic carbocycles. The molecule has 0 spiro atoms. The Bertz CT molecular complexity index is 650. The highest BCUT2D eigenvalue weighted by Crippen LogP contribution is 1.99. The summed E-state index contributed by atoms with van der Waals surface area (Å²) in [5.41, 5.74) is -1.05. The first kappa shape index (κ1) is 10.9. The molecule has 0 unspecified atom stereocenters. The molecule has 0 saturated carbocycles. The fraction of sp³-hybridized carbons (Fsp3) is 0.100. The van der Waals surface area contributed by atoms with Crippen LogP contribution >= 0.6 is 0 Å². The highest BCUT2D eigenvalue weighted by molar-refractivity contribution is 5.66. The van der Waals surface area contributed by atoms with Crippen molar-refractivity contribution in [3.63, 3.8) is 0 Å². The van der Waals surface area contributed by atoms with Gasteiger partial charge in [0.15, 0.2) is 0 Å². The van der Waals surface area contributed by atoms with Gasteiger partial charge in [0.05, 0.1) is 5.69 Å². The average molecular weight is 235 g/mol. The lowest BCUT2D eigenvalue weighted by atomic mass is 10.3. The van der Waals surface area contributed by atoms with Gasteiger partial charge in [0.1, 0.15) is 0 Å². The average Bonchev–Trinajstić information content (AvgIpc) is 2.54. The fourth-order valence-corrected chi connectivity index (χ4v) is 1.36. The van der Waals surface area contributed by atoms with Crippen molar-refractivity contribution in [2.45, 2.75) is 6.92 Å². The van der Waals surface area contributed by atoms with E-state index in [1.54, 1.807) is 30.3 Å². The van der Waals surface area contributed by atoms with Crippen molar-refractivity contribution in [3.05, 3.63) is 51.3 Å². The van der Waals surface area contributed by atoms with Gasteiger partial charge >= 0.3 is 17.3 Å². The largest absolute Gasteiger partial charge is 0.386 e. The molecule has 7 nitrogen and oxygen atoms in total. The van der Waals surface area contributed by atoms with E-state index < -0.39 is 17.3 Å². The Hall–Kier alpha value is -2.57. The van der Waals surface area contributed by atoms with Gasteiger partial charge in [-0.05, 0) is 17.0 Å². The van der Waals surface area contributed by atoms with Gasteiger partial charge in [-0.25, -0.2) is 24.0 Å². The van der Waals surface area contributed by atoms with Crippen LogP contribution in [0.2, 0.25) is 0 Å². The van der Waals surface area contributed by atoms with Crippen molar-refractivity contribution in [2.24, 2.45) is 0 Å². The lowest BCUT2D eigenvalue weighted by Gasteiger charge is -1.98. The van der Waals surface area contributed by atoms with E-state index in [0.29, 0.717) is 10.5 Å². The maximum Gasteiger partial charge on any atom is 0.386 e. The van der Waals surface area contributed by atoms with E-state index in [1.807, 2.05) is 0 Å². The smallest absolute Gasteiger partial charge is 0.316 e. The van der Waals surface area contributed by atoms with Crippen molar-refractivity contribution in [1.82, 2.24) is 14.5 Å². The summed E-state index contributed by atoms with van der Waals surface area (Å²) < 4.78 is 0.864. The number of hydrogen-bond acceptors (Lipinski definition) is 4. The first-order chi connectivity index (χ1) is 8.09.